The second-order valence-electron chi connectivity index (χ2n) is 6.83. The summed E-state index contributed by atoms with van der Waals surface area (Å²) in [5.41, 5.74) is 3.53. The Morgan fingerprint density at radius 3 is 2.11 bits per heavy atom. The van der Waals surface area contributed by atoms with Crippen LogP contribution in [-0.2, 0) is 7.05 Å². The van der Waals surface area contributed by atoms with Crippen LogP contribution in [0.4, 0.5) is 0 Å². The number of benzene rings is 2. The van der Waals surface area contributed by atoms with Gasteiger partial charge in [0, 0.05) is 31.1 Å². The molecule has 1 N–H and O–H groups in total. The van der Waals surface area contributed by atoms with Gasteiger partial charge < -0.3 is 19.4 Å². The third-order valence-electron chi connectivity index (χ3n) is 4.58. The van der Waals surface area contributed by atoms with E-state index >= 15 is 0 Å². The average Bonchev–Trinajstić information content (AvgIpc) is 3.10. The van der Waals surface area contributed by atoms with Crippen molar-refractivity contribution in [3.63, 3.8) is 0 Å². The van der Waals surface area contributed by atoms with Crippen LogP contribution in [0.2, 0.25) is 0 Å². The molecule has 3 aromatic rings. The third kappa shape index (κ3) is 4.17. The molecule has 2 aromatic carbocycles. The summed E-state index contributed by atoms with van der Waals surface area (Å²) in [6, 6.07) is 10.9. The maximum absolute atomic E-state index is 13.0. The Hall–Kier alpha value is -3.28. The number of nitrogens with zero attached hydrogens (tertiary/aromatic N) is 2. The van der Waals surface area contributed by atoms with Gasteiger partial charge in [-0.1, -0.05) is 17.2 Å². The van der Waals surface area contributed by atoms with Gasteiger partial charge in [0.1, 0.15) is 23.4 Å². The van der Waals surface area contributed by atoms with Crippen LogP contribution in [0.5, 0.6) is 11.5 Å². The first kappa shape index (κ1) is 19.5. The summed E-state index contributed by atoms with van der Waals surface area (Å²) < 4.78 is 12.7. The summed E-state index contributed by atoms with van der Waals surface area (Å²) in [5, 5.41) is 3.12. The highest BCUT2D eigenvalue weighted by Crippen LogP contribution is 2.29. The van der Waals surface area contributed by atoms with Gasteiger partial charge in [0.25, 0.3) is 5.91 Å². The number of nitrogens with one attached hydrogen (secondary N) is 1. The number of rotatable bonds is 6. The summed E-state index contributed by atoms with van der Waals surface area (Å²) in [5.74, 6) is 1.85. The Morgan fingerprint density at radius 2 is 1.61 bits per heavy atom. The van der Waals surface area contributed by atoms with Gasteiger partial charge in [0.05, 0.1) is 14.2 Å². The largest absolute Gasteiger partial charge is 0.497 e. The molecule has 0 aliphatic carbocycles. The first-order valence-electron chi connectivity index (χ1n) is 9.00. The molecule has 0 saturated heterocycles. The molecule has 1 heterocycles. The monoisotopic (exact) mass is 379 g/mol. The van der Waals surface area contributed by atoms with Crippen molar-refractivity contribution in [3.05, 3.63) is 76.9 Å². The average molecular weight is 379 g/mol. The molecule has 0 saturated carbocycles. The van der Waals surface area contributed by atoms with Crippen molar-refractivity contribution < 1.29 is 14.3 Å². The van der Waals surface area contributed by atoms with E-state index in [1.54, 1.807) is 26.5 Å². The van der Waals surface area contributed by atoms with Gasteiger partial charge in [0.2, 0.25) is 0 Å². The Labute approximate surface area is 165 Å². The number of imidazole rings is 1. The lowest BCUT2D eigenvalue weighted by atomic mass is 10.0. The molecule has 1 aromatic heterocycles. The van der Waals surface area contributed by atoms with Crippen molar-refractivity contribution in [2.75, 3.05) is 14.2 Å². The van der Waals surface area contributed by atoms with Gasteiger partial charge in [-0.15, -0.1) is 0 Å². The van der Waals surface area contributed by atoms with Crippen LogP contribution in [0.1, 0.15) is 38.9 Å². The minimum atomic E-state index is -0.461. The Kier molecular flexibility index (Phi) is 5.68. The number of aryl methyl sites for hydroxylation is 3. The predicted octanol–water partition coefficient (Wildman–Crippen LogP) is 3.57. The molecule has 146 valence electrons. The van der Waals surface area contributed by atoms with E-state index in [-0.39, 0.29) is 5.91 Å². The standard InChI is InChI=1S/C22H25N3O3/c1-14-8-15(2)10-17(9-14)22(26)24-20(21-23-6-7-25(21)3)16-11-18(27-4)13-19(12-16)28-5/h6-13,20H,1-5H3,(H,24,26). The third-order valence-corrected chi connectivity index (χ3v) is 4.58. The molecule has 0 spiro atoms. The van der Waals surface area contributed by atoms with Gasteiger partial charge >= 0.3 is 0 Å². The van der Waals surface area contributed by atoms with Crippen LogP contribution in [0.15, 0.2) is 48.8 Å². The lowest BCUT2D eigenvalue weighted by molar-refractivity contribution is 0.0941. The summed E-state index contributed by atoms with van der Waals surface area (Å²) in [6.07, 6.45) is 3.56. The van der Waals surface area contributed by atoms with Crippen LogP contribution < -0.4 is 14.8 Å². The normalized spacial score (nSPS) is 11.8. The second-order valence-corrected chi connectivity index (χ2v) is 6.83. The van der Waals surface area contributed by atoms with Gasteiger partial charge in [-0.25, -0.2) is 4.98 Å². The number of methoxy groups -OCH3 is 2. The van der Waals surface area contributed by atoms with Crippen molar-refractivity contribution in [1.29, 1.82) is 0 Å². The van der Waals surface area contributed by atoms with E-state index in [9.17, 15) is 4.79 Å². The van der Waals surface area contributed by atoms with Crippen LogP contribution in [-0.4, -0.2) is 29.7 Å². The Bertz CT molecular complexity index is 952. The number of aromatic nitrogens is 2. The quantitative estimate of drug-likeness (QED) is 0.711. The predicted molar refractivity (Wildman–Crippen MR) is 108 cm³/mol. The van der Waals surface area contributed by atoms with E-state index in [1.165, 1.54) is 0 Å². The van der Waals surface area contributed by atoms with E-state index in [0.717, 1.165) is 16.7 Å². The number of ether oxygens (including phenoxy) is 2. The number of amides is 1. The van der Waals surface area contributed by atoms with Crippen molar-refractivity contribution in [3.8, 4) is 11.5 Å². The van der Waals surface area contributed by atoms with Gasteiger partial charge in [0.15, 0.2) is 0 Å². The molecule has 1 atom stereocenters. The maximum atomic E-state index is 13.0. The summed E-state index contributed by atoms with van der Waals surface area (Å²) in [4.78, 5) is 17.5. The van der Waals surface area contributed by atoms with Crippen molar-refractivity contribution in [1.82, 2.24) is 14.9 Å². The summed E-state index contributed by atoms with van der Waals surface area (Å²) in [6.45, 7) is 3.96. The SMILES string of the molecule is COc1cc(OC)cc(C(NC(=O)c2cc(C)cc(C)c2)c2nccn2C)c1. The highest BCUT2D eigenvalue weighted by molar-refractivity contribution is 5.95. The highest BCUT2D eigenvalue weighted by Gasteiger charge is 2.23. The summed E-state index contributed by atoms with van der Waals surface area (Å²) >= 11 is 0. The first-order valence-corrected chi connectivity index (χ1v) is 9.00. The minimum Gasteiger partial charge on any atom is -0.497 e. The molecule has 0 fully saturated rings. The molecule has 0 aliphatic rings. The maximum Gasteiger partial charge on any atom is 0.252 e. The fraction of sp³-hybridized carbons (Fsp3) is 0.273. The molecular weight excluding hydrogens is 354 g/mol. The number of hydrogen-bond acceptors (Lipinski definition) is 4. The smallest absolute Gasteiger partial charge is 0.252 e. The number of carbonyl (C=O) groups is 1. The molecular formula is C22H25N3O3. The lowest BCUT2D eigenvalue weighted by Gasteiger charge is -2.21. The van der Waals surface area contributed by atoms with Crippen molar-refractivity contribution >= 4 is 5.91 Å². The van der Waals surface area contributed by atoms with Gasteiger partial charge in [-0.2, -0.15) is 0 Å². The molecule has 0 bridgehead atoms. The number of hydrogen-bond donors (Lipinski definition) is 1. The van der Waals surface area contributed by atoms with Gasteiger partial charge in [-0.05, 0) is 43.7 Å². The van der Waals surface area contributed by atoms with Crippen LogP contribution in [0.25, 0.3) is 0 Å². The van der Waals surface area contributed by atoms with E-state index in [2.05, 4.69) is 10.3 Å². The molecule has 6 nitrogen and oxygen atoms in total. The second kappa shape index (κ2) is 8.17. The fourth-order valence-corrected chi connectivity index (χ4v) is 3.27. The molecule has 6 heteroatoms. The van der Waals surface area contributed by atoms with Crippen molar-refractivity contribution in [2.24, 2.45) is 7.05 Å². The lowest BCUT2D eigenvalue weighted by Crippen LogP contribution is -2.31. The van der Waals surface area contributed by atoms with E-state index in [1.807, 2.05) is 62.0 Å². The zero-order valence-electron chi connectivity index (χ0n) is 16.8. The summed E-state index contributed by atoms with van der Waals surface area (Å²) in [7, 11) is 5.10. The van der Waals surface area contributed by atoms with Gasteiger partial charge in [-0.3, -0.25) is 4.79 Å². The molecule has 1 amide bonds. The Morgan fingerprint density at radius 1 is 1.00 bits per heavy atom. The highest BCUT2D eigenvalue weighted by atomic mass is 16.5. The Balaban J connectivity index is 2.04. The molecule has 28 heavy (non-hydrogen) atoms. The zero-order chi connectivity index (χ0) is 20.3. The molecule has 0 radical (unpaired) electrons. The van der Waals surface area contributed by atoms with Crippen LogP contribution in [0, 0.1) is 13.8 Å². The fourth-order valence-electron chi connectivity index (χ4n) is 3.27. The zero-order valence-corrected chi connectivity index (χ0v) is 16.8. The topological polar surface area (TPSA) is 65.4 Å². The van der Waals surface area contributed by atoms with E-state index in [4.69, 9.17) is 9.47 Å². The number of carbonyl (C=O) groups excluding carboxylic acids is 1. The van der Waals surface area contributed by atoms with Crippen LogP contribution >= 0.6 is 0 Å². The van der Waals surface area contributed by atoms with E-state index in [0.29, 0.717) is 22.9 Å². The van der Waals surface area contributed by atoms with E-state index < -0.39 is 6.04 Å². The van der Waals surface area contributed by atoms with Crippen LogP contribution in [0.3, 0.4) is 0 Å². The molecule has 0 aliphatic heterocycles. The minimum absolute atomic E-state index is 0.165. The van der Waals surface area contributed by atoms with Crippen molar-refractivity contribution in [2.45, 2.75) is 19.9 Å². The molecule has 1 unspecified atom stereocenters. The first-order chi connectivity index (χ1) is 13.4. The molecule has 3 rings (SSSR count).